The summed E-state index contributed by atoms with van der Waals surface area (Å²) in [4.78, 5) is 0. The molecule has 0 aliphatic carbocycles. The van der Waals surface area contributed by atoms with E-state index in [4.69, 9.17) is 0 Å². The first-order valence-corrected chi connectivity index (χ1v) is 7.46. The van der Waals surface area contributed by atoms with E-state index in [0.717, 1.165) is 0 Å². The summed E-state index contributed by atoms with van der Waals surface area (Å²) in [6.45, 7) is 5.91. The minimum atomic E-state index is -3.49. The van der Waals surface area contributed by atoms with Gasteiger partial charge >= 0.3 is 0 Å². The van der Waals surface area contributed by atoms with E-state index >= 15 is 0 Å². The van der Waals surface area contributed by atoms with Gasteiger partial charge in [-0.15, -0.1) is 0 Å². The number of sulfone groups is 2. The topological polar surface area (TPSA) is 68.3 Å². The molecule has 13 heavy (non-hydrogen) atoms. The molecule has 0 aromatic rings. The molecular weight excluding hydrogens is 212 g/mol. The second-order valence-corrected chi connectivity index (χ2v) is 9.02. The highest BCUT2D eigenvalue weighted by Gasteiger charge is 2.27. The first-order valence-electron chi connectivity index (χ1n) is 4.02. The van der Waals surface area contributed by atoms with E-state index in [-0.39, 0.29) is 0 Å². The monoisotopic (exact) mass is 228 g/mol. The largest absolute Gasteiger partial charge is 0.228 e. The lowest BCUT2D eigenvalue weighted by molar-refractivity contribution is 0.579. The molecule has 0 aromatic heterocycles. The second kappa shape index (κ2) is 3.96. The van der Waals surface area contributed by atoms with Gasteiger partial charge in [0.15, 0.2) is 24.8 Å². The minimum absolute atomic E-state index is 0.638. The van der Waals surface area contributed by atoms with Gasteiger partial charge in [-0.25, -0.2) is 16.8 Å². The maximum Gasteiger partial charge on any atom is 0.166 e. The van der Waals surface area contributed by atoms with Crippen molar-refractivity contribution in [3.05, 3.63) is 0 Å². The van der Waals surface area contributed by atoms with Crippen molar-refractivity contribution in [2.24, 2.45) is 0 Å². The molecule has 0 heterocycles. The summed E-state index contributed by atoms with van der Waals surface area (Å²) in [5, 5.41) is -2.02. The van der Waals surface area contributed by atoms with Gasteiger partial charge in [0.1, 0.15) is 0 Å². The van der Waals surface area contributed by atoms with E-state index in [2.05, 4.69) is 0 Å². The van der Waals surface area contributed by atoms with Crippen LogP contribution in [0.5, 0.6) is 0 Å². The van der Waals surface area contributed by atoms with Crippen molar-refractivity contribution in [3.63, 3.8) is 0 Å². The molecule has 0 fully saturated rings. The summed E-state index contributed by atoms with van der Waals surface area (Å²) in [5.74, 6) is 0. The SMILES string of the molecule is CC(C)S(=O)(=O)CS(=O)(=O)C(C)C. The summed E-state index contributed by atoms with van der Waals surface area (Å²) >= 11 is 0. The third-order valence-electron chi connectivity index (χ3n) is 1.76. The Morgan fingerprint density at radius 1 is 0.769 bits per heavy atom. The Hall–Kier alpha value is -0.100. The van der Waals surface area contributed by atoms with Gasteiger partial charge in [-0.05, 0) is 27.7 Å². The Labute approximate surface area is 80.2 Å². The number of hydrogen-bond donors (Lipinski definition) is 0. The fourth-order valence-electron chi connectivity index (χ4n) is 0.501. The summed E-state index contributed by atoms with van der Waals surface area (Å²) in [5.41, 5.74) is 0. The fourth-order valence-corrected chi connectivity index (χ4v) is 4.51. The minimum Gasteiger partial charge on any atom is -0.228 e. The van der Waals surface area contributed by atoms with E-state index in [1.54, 1.807) is 0 Å². The van der Waals surface area contributed by atoms with Gasteiger partial charge in [-0.2, -0.15) is 0 Å². The second-order valence-electron chi connectivity index (χ2n) is 3.54. The Morgan fingerprint density at radius 3 is 1.15 bits per heavy atom. The maximum absolute atomic E-state index is 11.3. The molecule has 80 valence electrons. The Kier molecular flexibility index (Phi) is 3.93. The molecule has 0 bridgehead atoms. The molecule has 0 rings (SSSR count). The third-order valence-corrected chi connectivity index (χ3v) is 7.27. The van der Waals surface area contributed by atoms with Gasteiger partial charge in [0.05, 0.1) is 10.5 Å². The Balaban J connectivity index is 4.86. The molecular formula is C7H16O4S2. The van der Waals surface area contributed by atoms with Crippen LogP contribution in [0.1, 0.15) is 27.7 Å². The normalized spacial score (nSPS) is 14.0. The van der Waals surface area contributed by atoms with Crippen molar-refractivity contribution in [1.82, 2.24) is 0 Å². The van der Waals surface area contributed by atoms with Crippen molar-refractivity contribution in [2.75, 3.05) is 5.08 Å². The molecule has 0 N–H and O–H groups in total. The number of rotatable bonds is 4. The smallest absolute Gasteiger partial charge is 0.166 e. The maximum atomic E-state index is 11.3. The molecule has 0 aromatic carbocycles. The van der Waals surface area contributed by atoms with Gasteiger partial charge in [-0.3, -0.25) is 0 Å². The van der Waals surface area contributed by atoms with Gasteiger partial charge in [-0.1, -0.05) is 0 Å². The predicted octanol–water partition coefficient (Wildman–Crippen LogP) is 0.590. The van der Waals surface area contributed by atoms with Crippen LogP contribution in [0.4, 0.5) is 0 Å². The van der Waals surface area contributed by atoms with Crippen LogP contribution in [-0.4, -0.2) is 32.4 Å². The van der Waals surface area contributed by atoms with Gasteiger partial charge in [0.25, 0.3) is 0 Å². The molecule has 0 saturated heterocycles. The summed E-state index contributed by atoms with van der Waals surface area (Å²) in [6, 6.07) is 0. The van der Waals surface area contributed by atoms with Crippen LogP contribution in [0, 0.1) is 0 Å². The molecule has 0 spiro atoms. The first-order chi connectivity index (χ1) is 5.59. The zero-order valence-electron chi connectivity index (χ0n) is 8.31. The van der Waals surface area contributed by atoms with Crippen molar-refractivity contribution < 1.29 is 16.8 Å². The van der Waals surface area contributed by atoms with Crippen LogP contribution in [0.3, 0.4) is 0 Å². The average Bonchev–Trinajstić information content (AvgIpc) is 1.83. The lowest BCUT2D eigenvalue weighted by Crippen LogP contribution is -2.28. The van der Waals surface area contributed by atoms with E-state index in [1.807, 2.05) is 0 Å². The van der Waals surface area contributed by atoms with Gasteiger partial charge in [0, 0.05) is 0 Å². The van der Waals surface area contributed by atoms with Crippen molar-refractivity contribution >= 4 is 19.7 Å². The van der Waals surface area contributed by atoms with Crippen molar-refractivity contribution in [2.45, 2.75) is 38.2 Å². The average molecular weight is 228 g/mol. The molecule has 0 unspecified atom stereocenters. The molecule has 0 amide bonds. The molecule has 0 saturated carbocycles. The summed E-state index contributed by atoms with van der Waals surface area (Å²) in [6.07, 6.45) is 0. The summed E-state index contributed by atoms with van der Waals surface area (Å²) < 4.78 is 45.1. The quantitative estimate of drug-likeness (QED) is 0.706. The van der Waals surface area contributed by atoms with Crippen LogP contribution < -0.4 is 0 Å². The molecule has 0 aliphatic heterocycles. The highest BCUT2D eigenvalue weighted by atomic mass is 32.3. The molecule has 6 heteroatoms. The lowest BCUT2D eigenvalue weighted by Gasteiger charge is -2.10. The lowest BCUT2D eigenvalue weighted by atomic mass is 10.6. The zero-order valence-corrected chi connectivity index (χ0v) is 9.94. The van der Waals surface area contributed by atoms with E-state index in [1.165, 1.54) is 27.7 Å². The molecule has 4 nitrogen and oxygen atoms in total. The van der Waals surface area contributed by atoms with Crippen LogP contribution in [-0.2, 0) is 19.7 Å². The van der Waals surface area contributed by atoms with Crippen LogP contribution in [0.15, 0.2) is 0 Å². The Bertz CT molecular complexity index is 312. The predicted molar refractivity (Wildman–Crippen MR) is 53.0 cm³/mol. The van der Waals surface area contributed by atoms with Crippen LogP contribution in [0.2, 0.25) is 0 Å². The molecule has 0 aliphatic rings. The fraction of sp³-hybridized carbons (Fsp3) is 1.00. The van der Waals surface area contributed by atoms with Crippen molar-refractivity contribution in [1.29, 1.82) is 0 Å². The standard InChI is InChI=1S/C7H16O4S2/c1-6(2)12(8,9)5-13(10,11)7(3)4/h6-7H,5H2,1-4H3. The Morgan fingerprint density at radius 2 is 1.00 bits per heavy atom. The van der Waals surface area contributed by atoms with Crippen molar-refractivity contribution in [3.8, 4) is 0 Å². The van der Waals surface area contributed by atoms with E-state index < -0.39 is 35.3 Å². The van der Waals surface area contributed by atoms with Crippen LogP contribution >= 0.6 is 0 Å². The van der Waals surface area contributed by atoms with Gasteiger partial charge in [0.2, 0.25) is 0 Å². The number of hydrogen-bond acceptors (Lipinski definition) is 4. The third kappa shape index (κ3) is 3.64. The van der Waals surface area contributed by atoms with E-state index in [9.17, 15) is 16.8 Å². The summed E-state index contributed by atoms with van der Waals surface area (Å²) in [7, 11) is -6.98. The first kappa shape index (κ1) is 12.9. The zero-order chi connectivity index (χ0) is 10.9. The highest BCUT2D eigenvalue weighted by molar-refractivity contribution is 8.08. The highest BCUT2D eigenvalue weighted by Crippen LogP contribution is 2.09. The van der Waals surface area contributed by atoms with Gasteiger partial charge < -0.3 is 0 Å². The van der Waals surface area contributed by atoms with Crippen LogP contribution in [0.25, 0.3) is 0 Å². The molecule has 0 atom stereocenters. The molecule has 0 radical (unpaired) electrons. The van der Waals surface area contributed by atoms with E-state index in [0.29, 0.717) is 0 Å².